The highest BCUT2D eigenvalue weighted by Gasteiger charge is 2.13. The summed E-state index contributed by atoms with van der Waals surface area (Å²) in [6, 6.07) is 16.5. The fourth-order valence-corrected chi connectivity index (χ4v) is 2.65. The zero-order chi connectivity index (χ0) is 17.5. The number of urea groups is 1. The van der Waals surface area contributed by atoms with E-state index in [9.17, 15) is 4.79 Å². The van der Waals surface area contributed by atoms with Crippen LogP contribution in [0.15, 0.2) is 48.5 Å². The summed E-state index contributed by atoms with van der Waals surface area (Å²) in [7, 11) is 0. The average molecular weight is 336 g/mol. The van der Waals surface area contributed by atoms with Crippen LogP contribution in [0, 0.1) is 11.3 Å². The lowest BCUT2D eigenvalue weighted by atomic mass is 10.1. The van der Waals surface area contributed by atoms with E-state index < -0.39 is 0 Å². The zero-order valence-electron chi connectivity index (χ0n) is 13.8. The Labute approximate surface area is 146 Å². The Morgan fingerprint density at radius 1 is 0.920 bits per heavy atom. The number of hydrogen-bond donors (Lipinski definition) is 3. The van der Waals surface area contributed by atoms with Crippen LogP contribution in [0.5, 0.6) is 0 Å². The van der Waals surface area contributed by atoms with Gasteiger partial charge in [-0.1, -0.05) is 0 Å². The molecule has 2 amide bonds. The first-order valence-corrected chi connectivity index (χ1v) is 8.25. The molecule has 0 saturated carbocycles. The molecule has 2 aromatic carbocycles. The maximum Gasteiger partial charge on any atom is 0.323 e. The molecule has 1 aliphatic heterocycles. The van der Waals surface area contributed by atoms with Crippen molar-refractivity contribution in [3.63, 3.8) is 0 Å². The van der Waals surface area contributed by atoms with Crippen LogP contribution in [0.3, 0.4) is 0 Å². The molecule has 6 heteroatoms. The van der Waals surface area contributed by atoms with Gasteiger partial charge in [-0.3, -0.25) is 0 Å². The summed E-state index contributed by atoms with van der Waals surface area (Å²) in [4.78, 5) is 12.0. The second-order valence-corrected chi connectivity index (χ2v) is 5.88. The third-order valence-electron chi connectivity index (χ3n) is 4.01. The zero-order valence-corrected chi connectivity index (χ0v) is 13.8. The minimum Gasteiger partial charge on any atom is -0.382 e. The lowest BCUT2D eigenvalue weighted by Gasteiger charge is -2.24. The summed E-state index contributed by atoms with van der Waals surface area (Å²) >= 11 is 0. The van der Waals surface area contributed by atoms with Crippen LogP contribution >= 0.6 is 0 Å². The van der Waals surface area contributed by atoms with Crippen molar-refractivity contribution < 1.29 is 9.53 Å². The molecule has 0 unspecified atom stereocenters. The minimum absolute atomic E-state index is 0.324. The summed E-state index contributed by atoms with van der Waals surface area (Å²) in [6.45, 7) is 1.60. The Morgan fingerprint density at radius 2 is 1.44 bits per heavy atom. The Bertz CT molecular complexity index is 744. The third-order valence-corrected chi connectivity index (χ3v) is 4.01. The summed E-state index contributed by atoms with van der Waals surface area (Å²) < 4.78 is 5.35. The highest BCUT2D eigenvalue weighted by Crippen LogP contribution is 2.18. The second kappa shape index (κ2) is 8.18. The van der Waals surface area contributed by atoms with Crippen molar-refractivity contribution in [2.45, 2.75) is 18.9 Å². The summed E-state index contributed by atoms with van der Waals surface area (Å²) in [5, 5.41) is 17.8. The predicted molar refractivity (Wildman–Crippen MR) is 97.7 cm³/mol. The number of anilines is 3. The Morgan fingerprint density at radius 3 is 2.00 bits per heavy atom. The van der Waals surface area contributed by atoms with Gasteiger partial charge in [-0.25, -0.2) is 4.79 Å². The van der Waals surface area contributed by atoms with Gasteiger partial charge in [0, 0.05) is 36.3 Å². The monoisotopic (exact) mass is 336 g/mol. The molecule has 1 fully saturated rings. The number of nitrogens with one attached hydrogen (secondary N) is 3. The molecule has 0 atom stereocenters. The maximum atomic E-state index is 12.0. The number of nitrogens with zero attached hydrogens (tertiary/aromatic N) is 1. The first kappa shape index (κ1) is 16.8. The summed E-state index contributed by atoms with van der Waals surface area (Å²) in [5.74, 6) is 0. The van der Waals surface area contributed by atoms with Crippen LogP contribution in [0.1, 0.15) is 18.4 Å². The average Bonchev–Trinajstić information content (AvgIpc) is 2.65. The third kappa shape index (κ3) is 4.96. The van der Waals surface area contributed by atoms with Gasteiger partial charge in [0.2, 0.25) is 0 Å². The normalized spacial score (nSPS) is 14.4. The molecule has 1 aliphatic rings. The highest BCUT2D eigenvalue weighted by molar-refractivity contribution is 5.99. The van der Waals surface area contributed by atoms with Crippen LogP contribution in [-0.2, 0) is 4.74 Å². The van der Waals surface area contributed by atoms with Gasteiger partial charge in [0.1, 0.15) is 0 Å². The molecule has 3 N–H and O–H groups in total. The fourth-order valence-electron chi connectivity index (χ4n) is 2.65. The molecule has 2 aromatic rings. The predicted octanol–water partition coefficient (Wildman–Crippen LogP) is 3.79. The number of ether oxygens (including phenoxy) is 1. The van der Waals surface area contributed by atoms with Crippen molar-refractivity contribution in [1.29, 1.82) is 5.26 Å². The van der Waals surface area contributed by atoms with Crippen molar-refractivity contribution in [3.05, 3.63) is 54.1 Å². The van der Waals surface area contributed by atoms with Crippen LogP contribution in [0.2, 0.25) is 0 Å². The molecule has 0 aliphatic carbocycles. The van der Waals surface area contributed by atoms with E-state index in [-0.39, 0.29) is 6.03 Å². The Balaban J connectivity index is 1.51. The number of hydrogen-bond acceptors (Lipinski definition) is 4. The van der Waals surface area contributed by atoms with E-state index in [2.05, 4.69) is 16.0 Å². The lowest BCUT2D eigenvalue weighted by Crippen LogP contribution is -2.27. The Hall–Kier alpha value is -3.04. The number of amides is 2. The van der Waals surface area contributed by atoms with Crippen molar-refractivity contribution in [2.24, 2.45) is 0 Å². The topological polar surface area (TPSA) is 86.2 Å². The van der Waals surface area contributed by atoms with Crippen LogP contribution < -0.4 is 16.0 Å². The van der Waals surface area contributed by atoms with E-state index in [1.807, 2.05) is 30.3 Å². The van der Waals surface area contributed by atoms with Crippen molar-refractivity contribution >= 4 is 23.1 Å². The summed E-state index contributed by atoms with van der Waals surface area (Å²) in [5.41, 5.74) is 2.93. The van der Waals surface area contributed by atoms with Gasteiger partial charge in [0.15, 0.2) is 0 Å². The largest absolute Gasteiger partial charge is 0.382 e. The highest BCUT2D eigenvalue weighted by atomic mass is 16.5. The lowest BCUT2D eigenvalue weighted by molar-refractivity contribution is 0.0904. The number of carbonyl (C=O) groups excluding carboxylic acids is 1. The van der Waals surface area contributed by atoms with Crippen molar-refractivity contribution in [1.82, 2.24) is 0 Å². The molecule has 0 aromatic heterocycles. The fraction of sp³-hybridized carbons (Fsp3) is 0.263. The number of benzene rings is 2. The van der Waals surface area contributed by atoms with Crippen LogP contribution in [0.25, 0.3) is 0 Å². The van der Waals surface area contributed by atoms with Crippen molar-refractivity contribution in [2.75, 3.05) is 29.2 Å². The van der Waals surface area contributed by atoms with Gasteiger partial charge < -0.3 is 20.7 Å². The number of nitriles is 1. The number of carbonyl (C=O) groups is 1. The van der Waals surface area contributed by atoms with Gasteiger partial charge in [-0.2, -0.15) is 5.26 Å². The molecular weight excluding hydrogens is 316 g/mol. The van der Waals surface area contributed by atoms with Gasteiger partial charge in [-0.05, 0) is 61.4 Å². The van der Waals surface area contributed by atoms with Gasteiger partial charge in [0.05, 0.1) is 11.6 Å². The maximum absolute atomic E-state index is 12.0. The second-order valence-electron chi connectivity index (χ2n) is 5.88. The Kier molecular flexibility index (Phi) is 5.50. The van der Waals surface area contributed by atoms with Crippen molar-refractivity contribution in [3.8, 4) is 6.07 Å². The first-order chi connectivity index (χ1) is 12.2. The minimum atomic E-state index is -0.324. The number of rotatable bonds is 4. The van der Waals surface area contributed by atoms with E-state index >= 15 is 0 Å². The quantitative estimate of drug-likeness (QED) is 0.793. The SMILES string of the molecule is N#Cc1ccc(NC(=O)Nc2ccc(NC3CCOCC3)cc2)cc1. The van der Waals surface area contributed by atoms with E-state index in [0.29, 0.717) is 23.0 Å². The molecule has 0 spiro atoms. The van der Waals surface area contributed by atoms with Gasteiger partial charge in [-0.15, -0.1) is 0 Å². The van der Waals surface area contributed by atoms with E-state index in [1.165, 1.54) is 0 Å². The standard InChI is InChI=1S/C19H20N4O2/c20-13-14-1-3-16(4-2-14)22-19(24)23-17-7-5-15(6-8-17)21-18-9-11-25-12-10-18/h1-8,18,21H,9-12H2,(H2,22,23,24). The molecule has 0 bridgehead atoms. The van der Waals surface area contributed by atoms with E-state index in [0.717, 1.165) is 31.7 Å². The van der Waals surface area contributed by atoms with Gasteiger partial charge in [0.25, 0.3) is 0 Å². The molecular formula is C19H20N4O2. The molecule has 1 saturated heterocycles. The van der Waals surface area contributed by atoms with Crippen LogP contribution in [-0.4, -0.2) is 25.3 Å². The van der Waals surface area contributed by atoms with E-state index in [1.54, 1.807) is 24.3 Å². The van der Waals surface area contributed by atoms with E-state index in [4.69, 9.17) is 10.00 Å². The summed E-state index contributed by atoms with van der Waals surface area (Å²) in [6.07, 6.45) is 2.01. The molecule has 1 heterocycles. The smallest absolute Gasteiger partial charge is 0.323 e. The molecule has 6 nitrogen and oxygen atoms in total. The van der Waals surface area contributed by atoms with Gasteiger partial charge >= 0.3 is 6.03 Å². The molecule has 128 valence electrons. The molecule has 0 radical (unpaired) electrons. The van der Waals surface area contributed by atoms with Crippen LogP contribution in [0.4, 0.5) is 21.9 Å². The molecule has 3 rings (SSSR count). The first-order valence-electron chi connectivity index (χ1n) is 8.25. The molecule has 25 heavy (non-hydrogen) atoms.